The second-order valence-corrected chi connectivity index (χ2v) is 6.74. The van der Waals surface area contributed by atoms with E-state index in [-0.39, 0.29) is 17.9 Å². The van der Waals surface area contributed by atoms with Crippen molar-refractivity contribution in [1.29, 1.82) is 0 Å². The molecule has 1 N–H and O–H groups in total. The first-order valence-corrected chi connectivity index (χ1v) is 9.35. The molecule has 1 fully saturated rings. The largest absolute Gasteiger partial charge is 0.494 e. The van der Waals surface area contributed by atoms with Crippen LogP contribution in [0.1, 0.15) is 51.0 Å². The van der Waals surface area contributed by atoms with Crippen LogP contribution in [0.3, 0.4) is 0 Å². The third kappa shape index (κ3) is 6.77. The van der Waals surface area contributed by atoms with Crippen molar-refractivity contribution in [2.24, 2.45) is 0 Å². The number of rotatable bonds is 8. The van der Waals surface area contributed by atoms with Crippen LogP contribution < -0.4 is 10.1 Å². The molecule has 0 atom stereocenters. The molecule has 25 heavy (non-hydrogen) atoms. The Labute approximate surface area is 150 Å². The van der Waals surface area contributed by atoms with Gasteiger partial charge in [-0.05, 0) is 44.7 Å². The van der Waals surface area contributed by atoms with Gasteiger partial charge in [0.05, 0.1) is 6.61 Å². The van der Waals surface area contributed by atoms with E-state index in [2.05, 4.69) is 5.32 Å². The van der Waals surface area contributed by atoms with E-state index in [9.17, 15) is 9.59 Å². The molecule has 1 aromatic carbocycles. The molecule has 0 aromatic heterocycles. The molecule has 0 spiro atoms. The molecular formula is C20H30N2O3. The molecule has 0 unspecified atom stereocenters. The Balaban J connectivity index is 1.60. The maximum Gasteiger partial charge on any atom is 0.222 e. The lowest BCUT2D eigenvalue weighted by atomic mass is 10.0. The molecule has 0 saturated carbocycles. The van der Waals surface area contributed by atoms with Gasteiger partial charge in [-0.15, -0.1) is 0 Å². The molecule has 1 aromatic rings. The zero-order valence-corrected chi connectivity index (χ0v) is 15.4. The molecule has 5 heteroatoms. The van der Waals surface area contributed by atoms with Crippen molar-refractivity contribution in [1.82, 2.24) is 10.2 Å². The Hall–Kier alpha value is -2.04. The maximum atomic E-state index is 12.3. The van der Waals surface area contributed by atoms with Gasteiger partial charge in [-0.3, -0.25) is 9.59 Å². The highest BCUT2D eigenvalue weighted by Crippen LogP contribution is 2.14. The van der Waals surface area contributed by atoms with E-state index in [0.717, 1.165) is 44.5 Å². The quantitative estimate of drug-likeness (QED) is 0.736. The average molecular weight is 346 g/mol. The summed E-state index contributed by atoms with van der Waals surface area (Å²) in [6, 6.07) is 8.16. The number of carbonyl (C=O) groups excluding carboxylic acids is 2. The Morgan fingerprint density at radius 3 is 2.48 bits per heavy atom. The number of nitrogens with one attached hydrogen (secondary N) is 1. The van der Waals surface area contributed by atoms with Gasteiger partial charge in [0.15, 0.2) is 0 Å². The maximum absolute atomic E-state index is 12.3. The van der Waals surface area contributed by atoms with Gasteiger partial charge in [-0.25, -0.2) is 0 Å². The summed E-state index contributed by atoms with van der Waals surface area (Å²) in [5, 5.41) is 3.06. The van der Waals surface area contributed by atoms with Crippen LogP contribution in [0.4, 0.5) is 0 Å². The number of benzene rings is 1. The normalized spacial score (nSPS) is 15.0. The zero-order chi connectivity index (χ0) is 18.1. The Bertz CT molecular complexity index is 549. The molecule has 1 saturated heterocycles. The highest BCUT2D eigenvalue weighted by Gasteiger charge is 2.23. The van der Waals surface area contributed by atoms with Crippen LogP contribution in [0.5, 0.6) is 5.75 Å². The van der Waals surface area contributed by atoms with Gasteiger partial charge >= 0.3 is 0 Å². The summed E-state index contributed by atoms with van der Waals surface area (Å²) < 4.78 is 5.66. The van der Waals surface area contributed by atoms with Crippen LogP contribution in [-0.2, 0) is 9.59 Å². The van der Waals surface area contributed by atoms with Gasteiger partial charge in [0.1, 0.15) is 5.75 Å². The number of carbonyl (C=O) groups is 2. The van der Waals surface area contributed by atoms with Crippen molar-refractivity contribution in [3.05, 3.63) is 29.8 Å². The molecule has 138 valence electrons. The Kier molecular flexibility index (Phi) is 7.76. The first-order chi connectivity index (χ1) is 12.1. The zero-order valence-electron chi connectivity index (χ0n) is 15.4. The molecule has 0 aliphatic carbocycles. The number of hydrogen-bond acceptors (Lipinski definition) is 3. The van der Waals surface area contributed by atoms with Crippen LogP contribution in [0, 0.1) is 6.92 Å². The number of ether oxygens (including phenoxy) is 1. The SMILES string of the molecule is CCCC(=O)NC1CCN(C(=O)CCCOc2ccc(C)cc2)CC1. The third-order valence-corrected chi connectivity index (χ3v) is 4.51. The van der Waals surface area contributed by atoms with Gasteiger partial charge in [0, 0.05) is 32.0 Å². The molecule has 1 aliphatic heterocycles. The van der Waals surface area contributed by atoms with Gasteiger partial charge in [0.2, 0.25) is 11.8 Å². The molecule has 2 rings (SSSR count). The fraction of sp³-hybridized carbons (Fsp3) is 0.600. The Morgan fingerprint density at radius 1 is 1.16 bits per heavy atom. The highest BCUT2D eigenvalue weighted by atomic mass is 16.5. The van der Waals surface area contributed by atoms with Crippen molar-refractivity contribution in [2.45, 2.75) is 58.4 Å². The van der Waals surface area contributed by atoms with Gasteiger partial charge < -0.3 is 15.0 Å². The highest BCUT2D eigenvalue weighted by molar-refractivity contribution is 5.77. The summed E-state index contributed by atoms with van der Waals surface area (Å²) in [6.07, 6.45) is 4.38. The van der Waals surface area contributed by atoms with E-state index in [0.29, 0.717) is 19.4 Å². The summed E-state index contributed by atoms with van der Waals surface area (Å²) in [6.45, 7) is 6.06. The van der Waals surface area contributed by atoms with Crippen LogP contribution >= 0.6 is 0 Å². The summed E-state index contributed by atoms with van der Waals surface area (Å²) in [5.41, 5.74) is 1.21. The number of amides is 2. The molecule has 2 amide bonds. The van der Waals surface area contributed by atoms with Crippen molar-refractivity contribution in [3.63, 3.8) is 0 Å². The van der Waals surface area contributed by atoms with Crippen LogP contribution in [0.25, 0.3) is 0 Å². The standard InChI is InChI=1S/C20H30N2O3/c1-3-5-19(23)21-17-11-13-22(14-12-17)20(24)6-4-15-25-18-9-7-16(2)8-10-18/h7-10,17H,3-6,11-15H2,1-2H3,(H,21,23). The van der Waals surface area contributed by atoms with Crippen molar-refractivity contribution in [3.8, 4) is 5.75 Å². The minimum absolute atomic E-state index is 0.125. The lowest BCUT2D eigenvalue weighted by Gasteiger charge is -2.32. The summed E-state index contributed by atoms with van der Waals surface area (Å²) in [5.74, 6) is 1.16. The fourth-order valence-electron chi connectivity index (χ4n) is 3.01. The summed E-state index contributed by atoms with van der Waals surface area (Å²) in [4.78, 5) is 25.8. The fourth-order valence-corrected chi connectivity index (χ4v) is 3.01. The second-order valence-electron chi connectivity index (χ2n) is 6.74. The number of likely N-dealkylation sites (tertiary alicyclic amines) is 1. The van der Waals surface area contributed by atoms with E-state index in [1.165, 1.54) is 5.56 Å². The third-order valence-electron chi connectivity index (χ3n) is 4.51. The lowest BCUT2D eigenvalue weighted by molar-refractivity contribution is -0.132. The van der Waals surface area contributed by atoms with Gasteiger partial charge in [-0.1, -0.05) is 24.6 Å². The molecule has 1 aliphatic rings. The number of aryl methyl sites for hydroxylation is 1. The van der Waals surface area contributed by atoms with Crippen LogP contribution in [-0.4, -0.2) is 42.5 Å². The van der Waals surface area contributed by atoms with Crippen LogP contribution in [0.2, 0.25) is 0 Å². The molecule has 5 nitrogen and oxygen atoms in total. The first kappa shape index (κ1) is 19.3. The summed E-state index contributed by atoms with van der Waals surface area (Å²) in [7, 11) is 0. The minimum atomic E-state index is 0.125. The first-order valence-electron chi connectivity index (χ1n) is 9.35. The van der Waals surface area contributed by atoms with Crippen molar-refractivity contribution < 1.29 is 14.3 Å². The van der Waals surface area contributed by atoms with E-state index in [1.54, 1.807) is 0 Å². The minimum Gasteiger partial charge on any atom is -0.494 e. The predicted octanol–water partition coefficient (Wildman–Crippen LogP) is 3.06. The second kappa shape index (κ2) is 10.1. The lowest BCUT2D eigenvalue weighted by Crippen LogP contribution is -2.46. The van der Waals surface area contributed by atoms with E-state index in [1.807, 2.05) is 43.0 Å². The number of nitrogens with zero attached hydrogens (tertiary/aromatic N) is 1. The van der Waals surface area contributed by atoms with Crippen LogP contribution in [0.15, 0.2) is 24.3 Å². The van der Waals surface area contributed by atoms with Gasteiger partial charge in [-0.2, -0.15) is 0 Å². The average Bonchev–Trinajstić information content (AvgIpc) is 2.61. The Morgan fingerprint density at radius 2 is 1.84 bits per heavy atom. The number of piperidine rings is 1. The van der Waals surface area contributed by atoms with Crippen molar-refractivity contribution in [2.75, 3.05) is 19.7 Å². The smallest absolute Gasteiger partial charge is 0.222 e. The predicted molar refractivity (Wildman–Crippen MR) is 98.6 cm³/mol. The molecule has 0 bridgehead atoms. The topological polar surface area (TPSA) is 58.6 Å². The monoisotopic (exact) mass is 346 g/mol. The van der Waals surface area contributed by atoms with Gasteiger partial charge in [0.25, 0.3) is 0 Å². The van der Waals surface area contributed by atoms with E-state index >= 15 is 0 Å². The number of hydrogen-bond donors (Lipinski definition) is 1. The van der Waals surface area contributed by atoms with E-state index in [4.69, 9.17) is 4.74 Å². The van der Waals surface area contributed by atoms with Crippen molar-refractivity contribution >= 4 is 11.8 Å². The molecular weight excluding hydrogens is 316 g/mol. The van der Waals surface area contributed by atoms with E-state index < -0.39 is 0 Å². The summed E-state index contributed by atoms with van der Waals surface area (Å²) >= 11 is 0. The molecule has 1 heterocycles. The molecule has 0 radical (unpaired) electrons.